The molecule has 6 heteroatoms. The summed E-state index contributed by atoms with van der Waals surface area (Å²) in [6, 6.07) is -0.801. The van der Waals surface area contributed by atoms with Crippen LogP contribution in [-0.4, -0.2) is 53.0 Å². The Bertz CT molecular complexity index is 361. The normalized spacial score (nSPS) is 23.1. The van der Waals surface area contributed by atoms with Crippen LogP contribution < -0.4 is 0 Å². The highest BCUT2D eigenvalue weighted by Crippen LogP contribution is 2.22. The van der Waals surface area contributed by atoms with E-state index in [-0.39, 0.29) is 19.6 Å². The number of amides is 1. The zero-order valence-electron chi connectivity index (χ0n) is 11.6. The minimum absolute atomic E-state index is 0.0722. The molecule has 1 aliphatic rings. The van der Waals surface area contributed by atoms with Crippen molar-refractivity contribution in [3.63, 3.8) is 0 Å². The number of esters is 1. The van der Waals surface area contributed by atoms with Crippen LogP contribution in [0.25, 0.3) is 0 Å². The molecule has 6 nitrogen and oxygen atoms in total. The number of aliphatic hydroxyl groups is 1. The summed E-state index contributed by atoms with van der Waals surface area (Å²) in [6.07, 6.45) is 0.245. The molecule has 108 valence electrons. The summed E-state index contributed by atoms with van der Waals surface area (Å²) in [5, 5.41) is 9.61. The van der Waals surface area contributed by atoms with Crippen LogP contribution in [0, 0.1) is 0 Å². The van der Waals surface area contributed by atoms with Gasteiger partial charge in [-0.15, -0.1) is 0 Å². The van der Waals surface area contributed by atoms with Crippen molar-refractivity contribution >= 4 is 12.1 Å². The number of ether oxygens (including phenoxy) is 2. The first kappa shape index (κ1) is 15.5. The molecular formula is C13H21NO5. The van der Waals surface area contributed by atoms with E-state index in [2.05, 4.69) is 6.58 Å². The third-order valence-electron chi connectivity index (χ3n) is 2.52. The molecule has 19 heavy (non-hydrogen) atoms. The lowest BCUT2D eigenvalue weighted by Crippen LogP contribution is -2.44. The van der Waals surface area contributed by atoms with Gasteiger partial charge in [-0.05, 0) is 20.8 Å². The summed E-state index contributed by atoms with van der Waals surface area (Å²) >= 11 is 0. The lowest BCUT2D eigenvalue weighted by Gasteiger charge is -2.27. The largest absolute Gasteiger partial charge is 0.460 e. The van der Waals surface area contributed by atoms with Crippen molar-refractivity contribution in [2.24, 2.45) is 0 Å². The lowest BCUT2D eigenvalue weighted by atomic mass is 10.2. The zero-order chi connectivity index (χ0) is 14.6. The number of β-amino-alcohol motifs (C(OH)–C–C–N with tert-alkyl or cyclic N) is 1. The second-order valence-electron chi connectivity index (χ2n) is 5.46. The fraction of sp³-hybridized carbons (Fsp3) is 0.692. The summed E-state index contributed by atoms with van der Waals surface area (Å²) in [5.41, 5.74) is -0.653. The van der Waals surface area contributed by atoms with Crippen LogP contribution in [0.4, 0.5) is 4.79 Å². The average Bonchev–Trinajstić information content (AvgIpc) is 2.66. The van der Waals surface area contributed by atoms with Crippen LogP contribution in [-0.2, 0) is 14.3 Å². The van der Waals surface area contributed by atoms with E-state index in [0.717, 1.165) is 0 Å². The molecule has 1 saturated heterocycles. The number of hydrogen-bond acceptors (Lipinski definition) is 5. The van der Waals surface area contributed by atoms with Gasteiger partial charge in [0.1, 0.15) is 18.2 Å². The second-order valence-corrected chi connectivity index (χ2v) is 5.46. The SMILES string of the molecule is C=CCOC(=O)C1C[C@H](O)CN1C(=O)OC(C)(C)C. The maximum absolute atomic E-state index is 12.0. The van der Waals surface area contributed by atoms with Crippen molar-refractivity contribution in [3.8, 4) is 0 Å². The molecule has 1 rings (SSSR count). The fourth-order valence-corrected chi connectivity index (χ4v) is 1.80. The van der Waals surface area contributed by atoms with Crippen molar-refractivity contribution in [1.82, 2.24) is 4.90 Å². The van der Waals surface area contributed by atoms with Gasteiger partial charge in [0, 0.05) is 6.42 Å². The van der Waals surface area contributed by atoms with Crippen molar-refractivity contribution in [1.29, 1.82) is 0 Å². The summed E-state index contributed by atoms with van der Waals surface area (Å²) < 4.78 is 10.1. The lowest BCUT2D eigenvalue weighted by molar-refractivity contribution is -0.147. The molecule has 0 aromatic carbocycles. The highest BCUT2D eigenvalue weighted by Gasteiger charge is 2.41. The molecule has 0 radical (unpaired) electrons. The number of carbonyl (C=O) groups is 2. The minimum Gasteiger partial charge on any atom is -0.460 e. The van der Waals surface area contributed by atoms with Gasteiger partial charge in [0.15, 0.2) is 0 Å². The molecule has 1 unspecified atom stereocenters. The Labute approximate surface area is 113 Å². The average molecular weight is 271 g/mol. The zero-order valence-corrected chi connectivity index (χ0v) is 11.6. The van der Waals surface area contributed by atoms with Gasteiger partial charge < -0.3 is 14.6 Å². The minimum atomic E-state index is -0.801. The molecule has 1 amide bonds. The predicted molar refractivity (Wildman–Crippen MR) is 68.5 cm³/mol. The Balaban J connectivity index is 2.71. The molecule has 1 fully saturated rings. The summed E-state index contributed by atoms with van der Waals surface area (Å²) in [5.74, 6) is -0.553. The van der Waals surface area contributed by atoms with Crippen LogP contribution >= 0.6 is 0 Å². The monoisotopic (exact) mass is 271 g/mol. The highest BCUT2D eigenvalue weighted by molar-refractivity contribution is 5.82. The van der Waals surface area contributed by atoms with Crippen LogP contribution in [0.15, 0.2) is 12.7 Å². The molecular weight excluding hydrogens is 250 g/mol. The van der Waals surface area contributed by atoms with E-state index in [4.69, 9.17) is 9.47 Å². The molecule has 0 spiro atoms. The van der Waals surface area contributed by atoms with E-state index in [9.17, 15) is 14.7 Å². The van der Waals surface area contributed by atoms with Crippen LogP contribution in [0.3, 0.4) is 0 Å². The number of aliphatic hydroxyl groups excluding tert-OH is 1. The van der Waals surface area contributed by atoms with Crippen LogP contribution in [0.5, 0.6) is 0 Å². The molecule has 0 saturated carbocycles. The third-order valence-corrected chi connectivity index (χ3v) is 2.52. The Hall–Kier alpha value is -1.56. The van der Waals surface area contributed by atoms with E-state index < -0.39 is 29.8 Å². The number of rotatable bonds is 3. The third kappa shape index (κ3) is 4.55. The Morgan fingerprint density at radius 3 is 2.63 bits per heavy atom. The molecule has 0 aliphatic carbocycles. The van der Waals surface area contributed by atoms with E-state index in [1.165, 1.54) is 11.0 Å². The fourth-order valence-electron chi connectivity index (χ4n) is 1.80. The Morgan fingerprint density at radius 1 is 1.47 bits per heavy atom. The summed E-state index contributed by atoms with van der Waals surface area (Å²) in [4.78, 5) is 25.0. The number of carbonyl (C=O) groups excluding carboxylic acids is 2. The van der Waals surface area contributed by atoms with Gasteiger partial charge in [0.25, 0.3) is 0 Å². The molecule has 0 aromatic heterocycles. The highest BCUT2D eigenvalue weighted by atomic mass is 16.6. The molecule has 1 heterocycles. The smallest absolute Gasteiger partial charge is 0.411 e. The maximum atomic E-state index is 12.0. The number of hydrogen-bond donors (Lipinski definition) is 1. The van der Waals surface area contributed by atoms with Gasteiger partial charge in [0.2, 0.25) is 0 Å². The number of likely N-dealkylation sites (tertiary alicyclic amines) is 1. The molecule has 1 N–H and O–H groups in total. The van der Waals surface area contributed by atoms with Gasteiger partial charge >= 0.3 is 12.1 Å². The van der Waals surface area contributed by atoms with E-state index in [0.29, 0.717) is 0 Å². The Kier molecular flexibility index (Phi) is 4.94. The maximum Gasteiger partial charge on any atom is 0.411 e. The van der Waals surface area contributed by atoms with Crippen molar-refractivity contribution in [2.75, 3.05) is 13.2 Å². The molecule has 0 aromatic rings. The van der Waals surface area contributed by atoms with Gasteiger partial charge in [-0.3, -0.25) is 4.90 Å². The summed E-state index contributed by atoms with van der Waals surface area (Å²) in [7, 11) is 0. The molecule has 0 bridgehead atoms. The molecule has 2 atom stereocenters. The van der Waals surface area contributed by atoms with Crippen LogP contribution in [0.1, 0.15) is 27.2 Å². The van der Waals surface area contributed by atoms with E-state index in [1.807, 2.05) is 0 Å². The van der Waals surface area contributed by atoms with Crippen LogP contribution in [0.2, 0.25) is 0 Å². The Morgan fingerprint density at radius 2 is 2.11 bits per heavy atom. The first-order valence-corrected chi connectivity index (χ1v) is 6.20. The number of nitrogens with zero attached hydrogens (tertiary/aromatic N) is 1. The van der Waals surface area contributed by atoms with Gasteiger partial charge in [-0.1, -0.05) is 12.7 Å². The first-order valence-electron chi connectivity index (χ1n) is 6.20. The quantitative estimate of drug-likeness (QED) is 0.614. The predicted octanol–water partition coefficient (Wildman–Crippen LogP) is 1.09. The van der Waals surface area contributed by atoms with Gasteiger partial charge in [-0.2, -0.15) is 0 Å². The van der Waals surface area contributed by atoms with Crippen molar-refractivity contribution in [3.05, 3.63) is 12.7 Å². The van der Waals surface area contributed by atoms with Crippen molar-refractivity contribution < 1.29 is 24.2 Å². The topological polar surface area (TPSA) is 76.1 Å². The molecule has 1 aliphatic heterocycles. The summed E-state index contributed by atoms with van der Waals surface area (Å²) in [6.45, 7) is 8.81. The van der Waals surface area contributed by atoms with Gasteiger partial charge in [0.05, 0.1) is 12.6 Å². The van der Waals surface area contributed by atoms with E-state index in [1.54, 1.807) is 20.8 Å². The standard InChI is InChI=1S/C13H21NO5/c1-5-6-18-11(16)10-7-9(15)8-14(10)12(17)19-13(2,3)4/h5,9-10,15H,1,6-8H2,2-4H3/t9-,10?/m0/s1. The van der Waals surface area contributed by atoms with Crippen molar-refractivity contribution in [2.45, 2.75) is 44.9 Å². The van der Waals surface area contributed by atoms with E-state index >= 15 is 0 Å². The first-order chi connectivity index (χ1) is 8.74. The second kappa shape index (κ2) is 6.06. The van der Waals surface area contributed by atoms with Gasteiger partial charge in [-0.25, -0.2) is 9.59 Å².